The van der Waals surface area contributed by atoms with Gasteiger partial charge in [0.2, 0.25) is 0 Å². The highest BCUT2D eigenvalue weighted by molar-refractivity contribution is 5.77. The van der Waals surface area contributed by atoms with E-state index in [9.17, 15) is 17.6 Å². The van der Waals surface area contributed by atoms with Gasteiger partial charge in [0.05, 0.1) is 0 Å². The van der Waals surface area contributed by atoms with E-state index in [0.29, 0.717) is 5.56 Å². The second-order valence-corrected chi connectivity index (χ2v) is 4.05. The van der Waals surface area contributed by atoms with Crippen molar-refractivity contribution in [1.29, 1.82) is 0 Å². The first-order chi connectivity index (χ1) is 9.45. The van der Waals surface area contributed by atoms with Gasteiger partial charge in [0.25, 0.3) is 0 Å². The Hall–Kier alpha value is -2.51. The maximum absolute atomic E-state index is 12.9. The van der Waals surface area contributed by atoms with E-state index in [0.717, 1.165) is 29.0 Å². The summed E-state index contributed by atoms with van der Waals surface area (Å²) in [6.45, 7) is 0. The Labute approximate surface area is 109 Å². The van der Waals surface area contributed by atoms with Crippen LogP contribution < -0.4 is 0 Å². The maximum Gasteiger partial charge on any atom is 0.435 e. The van der Waals surface area contributed by atoms with Gasteiger partial charge >= 0.3 is 6.18 Å². The van der Waals surface area contributed by atoms with Crippen molar-refractivity contribution in [3.8, 4) is 11.1 Å². The molecule has 0 unspecified atom stereocenters. The lowest BCUT2D eigenvalue weighted by molar-refractivity contribution is -0.141. The number of halogens is 4. The average Bonchev–Trinajstić information content (AvgIpc) is 2.85. The van der Waals surface area contributed by atoms with Gasteiger partial charge in [-0.25, -0.2) is 4.39 Å². The molecule has 2 heterocycles. The first kappa shape index (κ1) is 12.5. The number of hydrogen-bond donors (Lipinski definition) is 0. The molecule has 0 aliphatic rings. The lowest BCUT2D eigenvalue weighted by Crippen LogP contribution is -2.11. The molecule has 102 valence electrons. The van der Waals surface area contributed by atoms with E-state index in [1.165, 1.54) is 12.1 Å². The molecule has 2 aromatic heterocycles. The Balaban J connectivity index is 2.27. The second-order valence-electron chi connectivity index (χ2n) is 4.05. The van der Waals surface area contributed by atoms with E-state index < -0.39 is 17.7 Å². The van der Waals surface area contributed by atoms with Crippen LogP contribution in [0.25, 0.3) is 16.8 Å². The number of alkyl halides is 3. The van der Waals surface area contributed by atoms with Crippen LogP contribution in [0.3, 0.4) is 0 Å². The molecule has 0 N–H and O–H groups in total. The van der Waals surface area contributed by atoms with Crippen LogP contribution in [-0.2, 0) is 6.18 Å². The molecule has 0 radical (unpaired) electrons. The predicted octanol–water partition coefficient (Wildman–Crippen LogP) is 2.95. The van der Waals surface area contributed by atoms with E-state index >= 15 is 0 Å². The zero-order valence-corrected chi connectivity index (χ0v) is 9.76. The summed E-state index contributed by atoms with van der Waals surface area (Å²) < 4.78 is 52.3. The minimum atomic E-state index is -4.59. The van der Waals surface area contributed by atoms with Gasteiger partial charge in [0, 0.05) is 5.56 Å². The summed E-state index contributed by atoms with van der Waals surface area (Å²) in [7, 11) is 0. The van der Waals surface area contributed by atoms with Gasteiger partial charge in [0.15, 0.2) is 11.3 Å². The van der Waals surface area contributed by atoms with Crippen molar-refractivity contribution in [2.75, 3.05) is 0 Å². The Morgan fingerprint density at radius 3 is 2.40 bits per heavy atom. The van der Waals surface area contributed by atoms with Crippen molar-refractivity contribution in [1.82, 2.24) is 19.8 Å². The fraction of sp³-hybridized carbons (Fsp3) is 0.0833. The van der Waals surface area contributed by atoms with Crippen molar-refractivity contribution >= 4 is 5.65 Å². The highest BCUT2D eigenvalue weighted by atomic mass is 19.4. The van der Waals surface area contributed by atoms with Crippen molar-refractivity contribution < 1.29 is 17.6 Å². The number of fused-ring (bicyclic) bond motifs is 1. The smallest absolute Gasteiger partial charge is 0.207 e. The third-order valence-electron chi connectivity index (χ3n) is 2.71. The van der Waals surface area contributed by atoms with Crippen molar-refractivity contribution in [3.05, 3.63) is 48.2 Å². The topological polar surface area (TPSA) is 43.1 Å². The Bertz CT molecular complexity index is 761. The first-order valence-electron chi connectivity index (χ1n) is 5.49. The van der Waals surface area contributed by atoms with Crippen LogP contribution in [0, 0.1) is 5.82 Å². The number of nitrogens with zero attached hydrogens (tertiary/aromatic N) is 4. The summed E-state index contributed by atoms with van der Waals surface area (Å²) >= 11 is 0. The standard InChI is InChI=1S/C12H6F4N4/c13-8-3-1-7(2-4-8)9-5-10(12(14,15)16)19-20-6-17-18-11(9)20/h1-6H. The first-order valence-corrected chi connectivity index (χ1v) is 5.49. The SMILES string of the molecule is Fc1ccc(-c2cc(C(F)(F)F)nn3cnnc23)cc1. The van der Waals surface area contributed by atoms with Gasteiger partial charge in [-0.05, 0) is 23.8 Å². The molecule has 8 heteroatoms. The summed E-state index contributed by atoms with van der Waals surface area (Å²) in [6, 6.07) is 5.95. The van der Waals surface area contributed by atoms with E-state index in [1.807, 2.05) is 0 Å². The summed E-state index contributed by atoms with van der Waals surface area (Å²) in [5, 5.41) is 10.7. The van der Waals surface area contributed by atoms with Crippen LogP contribution in [0.2, 0.25) is 0 Å². The van der Waals surface area contributed by atoms with Crippen molar-refractivity contribution in [2.45, 2.75) is 6.18 Å². The third kappa shape index (κ3) is 2.09. The molecule has 0 fully saturated rings. The molecule has 0 aliphatic heterocycles. The predicted molar refractivity (Wildman–Crippen MR) is 61.2 cm³/mol. The average molecular weight is 282 g/mol. The van der Waals surface area contributed by atoms with Crippen molar-refractivity contribution in [3.63, 3.8) is 0 Å². The Kier molecular flexibility index (Phi) is 2.66. The van der Waals surface area contributed by atoms with E-state index in [4.69, 9.17) is 0 Å². The minimum absolute atomic E-state index is 0.171. The van der Waals surface area contributed by atoms with Crippen LogP contribution in [0.15, 0.2) is 36.7 Å². The monoisotopic (exact) mass is 282 g/mol. The fourth-order valence-corrected chi connectivity index (χ4v) is 1.81. The molecule has 4 nitrogen and oxygen atoms in total. The van der Waals surface area contributed by atoms with Gasteiger partial charge in [-0.2, -0.15) is 22.8 Å². The Morgan fingerprint density at radius 1 is 1.05 bits per heavy atom. The molecular formula is C12H6F4N4. The van der Waals surface area contributed by atoms with Crippen LogP contribution in [0.1, 0.15) is 5.69 Å². The number of rotatable bonds is 1. The highest BCUT2D eigenvalue weighted by Crippen LogP contribution is 2.32. The molecule has 3 aromatic rings. The lowest BCUT2D eigenvalue weighted by Gasteiger charge is -2.09. The molecule has 0 spiro atoms. The number of benzene rings is 1. The van der Waals surface area contributed by atoms with Crippen molar-refractivity contribution in [2.24, 2.45) is 0 Å². The van der Waals surface area contributed by atoms with Gasteiger partial charge in [0.1, 0.15) is 12.1 Å². The van der Waals surface area contributed by atoms with Gasteiger partial charge in [-0.3, -0.25) is 0 Å². The third-order valence-corrected chi connectivity index (χ3v) is 2.71. The van der Waals surface area contributed by atoms with Crippen LogP contribution in [0.5, 0.6) is 0 Å². The highest BCUT2D eigenvalue weighted by Gasteiger charge is 2.34. The molecule has 20 heavy (non-hydrogen) atoms. The van der Waals surface area contributed by atoms with Crippen LogP contribution in [-0.4, -0.2) is 19.8 Å². The molecule has 0 amide bonds. The lowest BCUT2D eigenvalue weighted by atomic mass is 10.1. The summed E-state index contributed by atoms with van der Waals surface area (Å²) in [5.41, 5.74) is -0.309. The fourth-order valence-electron chi connectivity index (χ4n) is 1.81. The molecule has 1 aromatic carbocycles. The van der Waals surface area contributed by atoms with Gasteiger partial charge in [-0.15, -0.1) is 10.2 Å². The zero-order valence-electron chi connectivity index (χ0n) is 9.76. The van der Waals surface area contributed by atoms with Crippen LogP contribution >= 0.6 is 0 Å². The summed E-state index contributed by atoms with van der Waals surface area (Å²) in [6.07, 6.45) is -3.51. The van der Waals surface area contributed by atoms with Crippen LogP contribution in [0.4, 0.5) is 17.6 Å². The normalized spacial score (nSPS) is 12.0. The molecular weight excluding hydrogens is 276 g/mol. The Morgan fingerprint density at radius 2 is 1.75 bits per heavy atom. The number of aromatic nitrogens is 4. The quantitative estimate of drug-likeness (QED) is 0.644. The zero-order chi connectivity index (χ0) is 14.3. The molecule has 0 atom stereocenters. The van der Waals surface area contributed by atoms with Gasteiger partial charge < -0.3 is 0 Å². The minimum Gasteiger partial charge on any atom is -0.207 e. The largest absolute Gasteiger partial charge is 0.435 e. The second kappa shape index (κ2) is 4.26. The number of hydrogen-bond acceptors (Lipinski definition) is 3. The van der Waals surface area contributed by atoms with E-state index in [1.54, 1.807) is 0 Å². The molecule has 0 saturated heterocycles. The van der Waals surface area contributed by atoms with E-state index in [-0.39, 0.29) is 11.2 Å². The van der Waals surface area contributed by atoms with E-state index in [2.05, 4.69) is 15.3 Å². The summed E-state index contributed by atoms with van der Waals surface area (Å²) in [4.78, 5) is 0. The summed E-state index contributed by atoms with van der Waals surface area (Å²) in [5.74, 6) is -0.476. The maximum atomic E-state index is 12.9. The van der Waals surface area contributed by atoms with Gasteiger partial charge in [-0.1, -0.05) is 12.1 Å². The molecule has 3 rings (SSSR count). The molecule has 0 saturated carbocycles. The molecule has 0 aliphatic carbocycles. The molecule has 0 bridgehead atoms.